The molecule has 1 atom stereocenters. The molecule has 0 fully saturated rings. The molecule has 0 heterocycles. The van der Waals surface area contributed by atoms with Crippen LogP contribution in [0.15, 0.2) is 135 Å². The predicted molar refractivity (Wildman–Crippen MR) is 201 cm³/mol. The molecule has 0 aliphatic carbocycles. The third-order valence-electron chi connectivity index (χ3n) is 7.13. The molecule has 0 aliphatic rings. The van der Waals surface area contributed by atoms with Crippen LogP contribution in [0.25, 0.3) is 11.1 Å². The van der Waals surface area contributed by atoms with Gasteiger partial charge in [0.05, 0.1) is 43.5 Å². The van der Waals surface area contributed by atoms with Crippen molar-refractivity contribution >= 4 is 23.0 Å². The molecule has 4 rings (SSSR count). The molecule has 14 nitrogen and oxygen atoms in total. The van der Waals surface area contributed by atoms with Gasteiger partial charge in [0.1, 0.15) is 24.7 Å². The standard InChI is InChI=1S/C39H40N3O11/c1-5-30(4)48-25-23-47-24-26-49-36-19-13-34(14-20-36)41(45)53-38-21-15-35(16-22-38)42(46)52-37-17-9-32(10-18-37)31-7-11-33(12-8-31)40(44)51-28-29(3)27-50-39(43)6-2/h5-22,29H,1-2,4,23-28H2,3H3/q-3. The molecule has 0 amide bonds. The quantitative estimate of drug-likeness (QED) is 0.0183. The van der Waals surface area contributed by atoms with Gasteiger partial charge in [-0.25, -0.2) is 4.79 Å². The maximum absolute atomic E-state index is 12.7. The van der Waals surface area contributed by atoms with Crippen molar-refractivity contribution in [2.45, 2.75) is 6.92 Å². The number of hydrogen-bond acceptors (Lipinski definition) is 14. The van der Waals surface area contributed by atoms with E-state index >= 15 is 0 Å². The van der Waals surface area contributed by atoms with Gasteiger partial charge in [0.2, 0.25) is 0 Å². The predicted octanol–water partition coefficient (Wildman–Crippen LogP) is 7.66. The largest absolute Gasteiger partial charge is 0.733 e. The first kappa shape index (κ1) is 39.8. The number of carbonyl (C=O) groups excluding carboxylic acids is 1. The van der Waals surface area contributed by atoms with E-state index in [4.69, 9.17) is 33.5 Å². The first-order chi connectivity index (χ1) is 25.6. The van der Waals surface area contributed by atoms with E-state index in [-0.39, 0.29) is 36.3 Å². The summed E-state index contributed by atoms with van der Waals surface area (Å²) in [6.07, 6.45) is 2.59. The lowest BCUT2D eigenvalue weighted by atomic mass is 10.1. The molecular weight excluding hydrogens is 686 g/mol. The fourth-order valence-electron chi connectivity index (χ4n) is 4.29. The average molecular weight is 727 g/mol. The summed E-state index contributed by atoms with van der Waals surface area (Å²) >= 11 is 0. The van der Waals surface area contributed by atoms with Crippen LogP contribution < -0.4 is 30.1 Å². The van der Waals surface area contributed by atoms with Crippen molar-refractivity contribution in [3.63, 3.8) is 0 Å². The third kappa shape index (κ3) is 13.2. The summed E-state index contributed by atoms with van der Waals surface area (Å²) < 4.78 is 21.2. The Morgan fingerprint density at radius 1 is 0.623 bits per heavy atom. The molecule has 0 saturated carbocycles. The Bertz CT molecular complexity index is 1730. The van der Waals surface area contributed by atoms with Crippen LogP contribution in [-0.2, 0) is 23.8 Å². The molecule has 0 bridgehead atoms. The van der Waals surface area contributed by atoms with E-state index in [1.807, 2.05) is 0 Å². The normalized spacial score (nSPS) is 11.1. The van der Waals surface area contributed by atoms with Gasteiger partial charge in [-0.3, -0.25) is 15.3 Å². The van der Waals surface area contributed by atoms with E-state index in [2.05, 4.69) is 19.7 Å². The van der Waals surface area contributed by atoms with E-state index < -0.39 is 5.97 Å². The first-order valence-electron chi connectivity index (χ1n) is 16.4. The van der Waals surface area contributed by atoms with Gasteiger partial charge in [-0.05, 0) is 90.0 Å². The monoisotopic (exact) mass is 726 g/mol. The molecule has 53 heavy (non-hydrogen) atoms. The van der Waals surface area contributed by atoms with Gasteiger partial charge in [-0.2, -0.15) is 0 Å². The van der Waals surface area contributed by atoms with Crippen LogP contribution in [0.5, 0.6) is 17.2 Å². The van der Waals surface area contributed by atoms with Gasteiger partial charge in [0, 0.05) is 12.0 Å². The van der Waals surface area contributed by atoms with Gasteiger partial charge in [0.15, 0.2) is 11.5 Å². The second-order valence-electron chi connectivity index (χ2n) is 11.2. The molecule has 0 aliphatic heterocycles. The lowest BCUT2D eigenvalue weighted by Gasteiger charge is -2.31. The Hall–Kier alpha value is -6.03. The Morgan fingerprint density at radius 2 is 1.09 bits per heavy atom. The van der Waals surface area contributed by atoms with Gasteiger partial charge in [-0.15, -0.1) is 0 Å². The Balaban J connectivity index is 1.19. The van der Waals surface area contributed by atoms with Crippen molar-refractivity contribution in [3.8, 4) is 28.4 Å². The second kappa shape index (κ2) is 20.7. The number of ether oxygens (including phenoxy) is 4. The molecule has 4 aromatic carbocycles. The maximum atomic E-state index is 12.7. The summed E-state index contributed by atoms with van der Waals surface area (Å²) in [5, 5.41) is 38.7. The lowest BCUT2D eigenvalue weighted by Crippen LogP contribution is -2.22. The van der Waals surface area contributed by atoms with Crippen molar-refractivity contribution in [1.29, 1.82) is 0 Å². The highest BCUT2D eigenvalue weighted by molar-refractivity contribution is 5.81. The van der Waals surface area contributed by atoms with Crippen LogP contribution >= 0.6 is 0 Å². The third-order valence-corrected chi connectivity index (χ3v) is 7.13. The molecule has 280 valence electrons. The summed E-state index contributed by atoms with van der Waals surface area (Å²) in [7, 11) is 0. The van der Waals surface area contributed by atoms with Crippen LogP contribution in [0.4, 0.5) is 17.1 Å². The number of benzene rings is 4. The lowest BCUT2D eigenvalue weighted by molar-refractivity contribution is -0.139. The summed E-state index contributed by atoms with van der Waals surface area (Å²) in [5.74, 6) is 0.803. The minimum atomic E-state index is -0.539. The van der Waals surface area contributed by atoms with Crippen molar-refractivity contribution in [2.24, 2.45) is 5.92 Å². The highest BCUT2D eigenvalue weighted by Gasteiger charge is 2.08. The van der Waals surface area contributed by atoms with Crippen LogP contribution in [-0.4, -0.2) is 45.6 Å². The minimum absolute atomic E-state index is 0.0569. The van der Waals surface area contributed by atoms with Gasteiger partial charge in [-0.1, -0.05) is 50.9 Å². The molecule has 0 saturated heterocycles. The van der Waals surface area contributed by atoms with E-state index in [0.29, 0.717) is 65.1 Å². The molecular formula is C39H40N3O11-3. The van der Waals surface area contributed by atoms with Crippen LogP contribution in [0.3, 0.4) is 0 Å². The van der Waals surface area contributed by atoms with Crippen LogP contribution in [0, 0.1) is 21.5 Å². The number of hydrogen-bond donors (Lipinski definition) is 0. The van der Waals surface area contributed by atoms with Gasteiger partial charge < -0.3 is 49.5 Å². The van der Waals surface area contributed by atoms with E-state index in [1.165, 1.54) is 30.3 Å². The van der Waals surface area contributed by atoms with E-state index in [0.717, 1.165) is 17.2 Å². The number of allylic oxidation sites excluding steroid dienone is 1. The fourth-order valence-corrected chi connectivity index (χ4v) is 4.29. The zero-order valence-corrected chi connectivity index (χ0v) is 29.2. The SMILES string of the molecule is C=CC(=C)OCCOCCOc1ccc(N([O-])Oc2ccc(N([O-])Oc3ccc(-c4ccc(N([O-])OCC(C)COC(=O)C=C)cc4)cc3)cc2)cc1. The van der Waals surface area contributed by atoms with Crippen molar-refractivity contribution in [3.05, 3.63) is 150 Å². The Morgan fingerprint density at radius 3 is 1.64 bits per heavy atom. The number of carbonyl (C=O) groups is 1. The molecule has 14 heteroatoms. The first-order valence-corrected chi connectivity index (χ1v) is 16.4. The molecule has 0 spiro atoms. The summed E-state index contributed by atoms with van der Waals surface area (Å²) in [6.45, 7) is 13.9. The second-order valence-corrected chi connectivity index (χ2v) is 11.2. The zero-order chi connectivity index (χ0) is 38.0. The van der Waals surface area contributed by atoms with Crippen molar-refractivity contribution < 1.29 is 38.3 Å². The molecule has 0 aromatic heterocycles. The van der Waals surface area contributed by atoms with Crippen molar-refractivity contribution in [2.75, 3.05) is 55.3 Å². The van der Waals surface area contributed by atoms with Crippen molar-refractivity contribution in [1.82, 2.24) is 0 Å². The van der Waals surface area contributed by atoms with E-state index in [1.54, 1.807) is 79.7 Å². The van der Waals surface area contributed by atoms with Gasteiger partial charge >= 0.3 is 5.97 Å². The van der Waals surface area contributed by atoms with Crippen LogP contribution in [0.1, 0.15) is 6.92 Å². The number of rotatable bonds is 23. The smallest absolute Gasteiger partial charge is 0.330 e. The molecule has 0 radical (unpaired) electrons. The highest BCUT2D eigenvalue weighted by atomic mass is 16.9. The fraction of sp³-hybridized carbons (Fsp3) is 0.205. The van der Waals surface area contributed by atoms with Crippen LogP contribution in [0.2, 0.25) is 0 Å². The Labute approximate surface area is 307 Å². The van der Waals surface area contributed by atoms with E-state index in [9.17, 15) is 20.4 Å². The summed E-state index contributed by atoms with van der Waals surface area (Å²) in [5.41, 5.74) is 2.34. The average Bonchev–Trinajstić information content (AvgIpc) is 3.19. The molecule has 0 N–H and O–H groups in total. The summed E-state index contributed by atoms with van der Waals surface area (Å²) in [6, 6.07) is 25.7. The number of anilines is 3. The highest BCUT2D eigenvalue weighted by Crippen LogP contribution is 2.28. The van der Waals surface area contributed by atoms with Gasteiger partial charge in [0.25, 0.3) is 0 Å². The zero-order valence-electron chi connectivity index (χ0n) is 29.2. The minimum Gasteiger partial charge on any atom is -0.733 e. The summed E-state index contributed by atoms with van der Waals surface area (Å²) in [4.78, 5) is 27.2. The molecule has 4 aromatic rings. The molecule has 1 unspecified atom stereocenters. The Kier molecular flexibility index (Phi) is 15.5. The topological polar surface area (TPSA) is 161 Å². The number of nitrogens with zero attached hydrogens (tertiary/aromatic N) is 3. The number of esters is 1. The maximum Gasteiger partial charge on any atom is 0.330 e.